The maximum absolute atomic E-state index is 4.84. The highest BCUT2D eigenvalue weighted by Crippen LogP contribution is 2.24. The van der Waals surface area contributed by atoms with Gasteiger partial charge in [-0.15, -0.1) is 0 Å². The minimum absolute atomic E-state index is 0.851. The van der Waals surface area contributed by atoms with E-state index in [2.05, 4.69) is 45.1 Å². The second-order valence-electron chi connectivity index (χ2n) is 6.42. The van der Waals surface area contributed by atoms with E-state index >= 15 is 0 Å². The second-order valence-corrected chi connectivity index (χ2v) is 6.42. The molecule has 4 aromatic rings. The predicted molar refractivity (Wildman–Crippen MR) is 103 cm³/mol. The normalized spacial score (nSPS) is 11.2. The molecule has 0 aliphatic carbocycles. The minimum Gasteiger partial charge on any atom is -0.370 e. The number of imidazole rings is 1. The Kier molecular flexibility index (Phi) is 4.39. The van der Waals surface area contributed by atoms with Gasteiger partial charge in [0.1, 0.15) is 5.82 Å². The number of aryl methyl sites for hydroxylation is 3. The van der Waals surface area contributed by atoms with Crippen molar-refractivity contribution in [1.29, 1.82) is 0 Å². The fraction of sp³-hybridized carbons (Fsp3) is 0.250. The van der Waals surface area contributed by atoms with Crippen LogP contribution in [-0.2, 0) is 6.54 Å². The third kappa shape index (κ3) is 3.18. The molecule has 0 atom stereocenters. The highest BCUT2D eigenvalue weighted by molar-refractivity contribution is 5.68. The largest absolute Gasteiger partial charge is 0.370 e. The second kappa shape index (κ2) is 7.00. The topological polar surface area (TPSA) is 60.0 Å². The van der Waals surface area contributed by atoms with E-state index in [9.17, 15) is 0 Å². The van der Waals surface area contributed by atoms with Crippen LogP contribution in [0.3, 0.4) is 0 Å². The van der Waals surface area contributed by atoms with Crippen LogP contribution >= 0.6 is 0 Å². The molecular formula is C20H22N6. The summed E-state index contributed by atoms with van der Waals surface area (Å²) in [4.78, 5) is 8.92. The molecule has 3 heterocycles. The fourth-order valence-corrected chi connectivity index (χ4v) is 3.01. The molecule has 0 saturated carbocycles. The van der Waals surface area contributed by atoms with Gasteiger partial charge in [-0.05, 0) is 20.3 Å². The van der Waals surface area contributed by atoms with Crippen LogP contribution in [0.5, 0.6) is 0 Å². The first-order chi connectivity index (χ1) is 12.7. The Morgan fingerprint density at radius 3 is 2.73 bits per heavy atom. The third-order valence-electron chi connectivity index (χ3n) is 4.58. The number of nitrogens with zero attached hydrogens (tertiary/aromatic N) is 5. The first-order valence-corrected chi connectivity index (χ1v) is 8.84. The molecular weight excluding hydrogens is 324 g/mol. The Morgan fingerprint density at radius 1 is 1.12 bits per heavy atom. The monoisotopic (exact) mass is 346 g/mol. The van der Waals surface area contributed by atoms with Crippen LogP contribution in [0.4, 0.5) is 5.82 Å². The number of anilines is 1. The van der Waals surface area contributed by atoms with Gasteiger partial charge in [0.2, 0.25) is 0 Å². The Balaban J connectivity index is 1.62. The predicted octanol–water partition coefficient (Wildman–Crippen LogP) is 3.71. The molecule has 26 heavy (non-hydrogen) atoms. The molecule has 0 aliphatic heterocycles. The maximum atomic E-state index is 4.84. The molecule has 3 aromatic heterocycles. The highest BCUT2D eigenvalue weighted by atomic mass is 15.3. The quantitative estimate of drug-likeness (QED) is 0.541. The molecule has 6 nitrogen and oxygen atoms in total. The first-order valence-electron chi connectivity index (χ1n) is 8.84. The zero-order chi connectivity index (χ0) is 17.9. The standard InChI is InChI=1S/C20H22N6/c1-15-16(2)24-26-19(22-9-6-11-25-12-10-21-14-25)13-18(23-20(15)26)17-7-4-3-5-8-17/h3-5,7-8,10,12-14,22H,6,9,11H2,1-2H3. The lowest BCUT2D eigenvalue weighted by molar-refractivity contribution is 0.659. The minimum atomic E-state index is 0.851. The van der Waals surface area contributed by atoms with E-state index < -0.39 is 0 Å². The number of fused-ring (bicyclic) bond motifs is 1. The van der Waals surface area contributed by atoms with Gasteiger partial charge in [-0.1, -0.05) is 30.3 Å². The lowest BCUT2D eigenvalue weighted by atomic mass is 10.1. The summed E-state index contributed by atoms with van der Waals surface area (Å²) in [5.41, 5.74) is 5.09. The van der Waals surface area contributed by atoms with Crippen LogP contribution in [-0.4, -0.2) is 30.7 Å². The lowest BCUT2D eigenvalue weighted by Crippen LogP contribution is -2.10. The van der Waals surface area contributed by atoms with E-state index in [0.717, 1.165) is 53.5 Å². The van der Waals surface area contributed by atoms with Gasteiger partial charge in [-0.3, -0.25) is 0 Å². The van der Waals surface area contributed by atoms with Gasteiger partial charge in [0.15, 0.2) is 5.65 Å². The molecule has 4 rings (SSSR count). The molecule has 1 N–H and O–H groups in total. The van der Waals surface area contributed by atoms with E-state index in [1.807, 2.05) is 42.2 Å². The fourth-order valence-electron chi connectivity index (χ4n) is 3.01. The molecule has 0 saturated heterocycles. The van der Waals surface area contributed by atoms with Gasteiger partial charge in [-0.2, -0.15) is 9.61 Å². The van der Waals surface area contributed by atoms with Crippen LogP contribution in [0.1, 0.15) is 17.7 Å². The van der Waals surface area contributed by atoms with Crippen molar-refractivity contribution in [3.63, 3.8) is 0 Å². The van der Waals surface area contributed by atoms with E-state index in [0.29, 0.717) is 0 Å². The van der Waals surface area contributed by atoms with Crippen LogP contribution in [0.15, 0.2) is 55.1 Å². The number of hydrogen-bond acceptors (Lipinski definition) is 4. The summed E-state index contributed by atoms with van der Waals surface area (Å²) < 4.78 is 4.00. The average molecular weight is 346 g/mol. The molecule has 0 bridgehead atoms. The van der Waals surface area contributed by atoms with E-state index in [4.69, 9.17) is 4.98 Å². The number of nitrogens with one attached hydrogen (secondary N) is 1. The molecule has 132 valence electrons. The maximum Gasteiger partial charge on any atom is 0.161 e. The van der Waals surface area contributed by atoms with E-state index in [1.165, 1.54) is 0 Å². The van der Waals surface area contributed by atoms with Crippen molar-refractivity contribution in [2.45, 2.75) is 26.8 Å². The molecule has 0 unspecified atom stereocenters. The van der Waals surface area contributed by atoms with Gasteiger partial charge >= 0.3 is 0 Å². The zero-order valence-electron chi connectivity index (χ0n) is 15.1. The van der Waals surface area contributed by atoms with Crippen molar-refractivity contribution in [3.05, 3.63) is 66.4 Å². The summed E-state index contributed by atoms with van der Waals surface area (Å²) in [5, 5.41) is 8.18. The van der Waals surface area contributed by atoms with Crippen LogP contribution in [0, 0.1) is 13.8 Å². The van der Waals surface area contributed by atoms with Gasteiger partial charge < -0.3 is 9.88 Å². The van der Waals surface area contributed by atoms with Crippen molar-refractivity contribution >= 4 is 11.5 Å². The lowest BCUT2D eigenvalue weighted by Gasteiger charge is -2.11. The molecule has 1 aromatic carbocycles. The summed E-state index contributed by atoms with van der Waals surface area (Å²) >= 11 is 0. The molecule has 0 amide bonds. The van der Waals surface area contributed by atoms with E-state index in [1.54, 1.807) is 6.20 Å². The average Bonchev–Trinajstić information content (AvgIpc) is 3.28. The Bertz CT molecular complexity index is 1000. The van der Waals surface area contributed by atoms with Crippen LogP contribution in [0.2, 0.25) is 0 Å². The summed E-state index contributed by atoms with van der Waals surface area (Å²) in [7, 11) is 0. The summed E-state index contributed by atoms with van der Waals surface area (Å²) in [5.74, 6) is 0.968. The Hall–Kier alpha value is -3.15. The van der Waals surface area contributed by atoms with Crippen LogP contribution in [0.25, 0.3) is 16.9 Å². The first kappa shape index (κ1) is 16.3. The van der Waals surface area contributed by atoms with Gasteiger partial charge in [0.25, 0.3) is 0 Å². The SMILES string of the molecule is Cc1nn2c(NCCCn3ccnc3)cc(-c3ccccc3)nc2c1C. The summed E-state index contributed by atoms with van der Waals surface area (Å²) in [6.45, 7) is 5.88. The van der Waals surface area contributed by atoms with Gasteiger partial charge in [-0.25, -0.2) is 9.97 Å². The van der Waals surface area contributed by atoms with Crippen molar-refractivity contribution in [3.8, 4) is 11.3 Å². The summed E-state index contributed by atoms with van der Waals surface area (Å²) in [6.07, 6.45) is 6.64. The Labute approximate surface area is 152 Å². The van der Waals surface area contributed by atoms with Crippen molar-refractivity contribution in [2.24, 2.45) is 0 Å². The van der Waals surface area contributed by atoms with Crippen molar-refractivity contribution in [1.82, 2.24) is 24.1 Å². The number of rotatable bonds is 6. The number of aromatic nitrogens is 5. The third-order valence-corrected chi connectivity index (χ3v) is 4.58. The number of hydrogen-bond donors (Lipinski definition) is 1. The van der Waals surface area contributed by atoms with E-state index in [-0.39, 0.29) is 0 Å². The molecule has 6 heteroatoms. The highest BCUT2D eigenvalue weighted by Gasteiger charge is 2.13. The van der Waals surface area contributed by atoms with Gasteiger partial charge in [0, 0.05) is 42.7 Å². The molecule has 0 fully saturated rings. The molecule has 0 aliphatic rings. The van der Waals surface area contributed by atoms with Crippen LogP contribution < -0.4 is 5.32 Å². The smallest absolute Gasteiger partial charge is 0.161 e. The molecule has 0 radical (unpaired) electrons. The number of benzene rings is 1. The van der Waals surface area contributed by atoms with Crippen molar-refractivity contribution < 1.29 is 0 Å². The summed E-state index contributed by atoms with van der Waals surface area (Å²) in [6, 6.07) is 12.3. The molecule has 0 spiro atoms. The Morgan fingerprint density at radius 2 is 1.96 bits per heavy atom. The van der Waals surface area contributed by atoms with Crippen molar-refractivity contribution in [2.75, 3.05) is 11.9 Å². The zero-order valence-corrected chi connectivity index (χ0v) is 15.1. The van der Waals surface area contributed by atoms with Gasteiger partial charge in [0.05, 0.1) is 17.7 Å².